The van der Waals surface area contributed by atoms with Gasteiger partial charge in [-0.3, -0.25) is 0 Å². The highest BCUT2D eigenvalue weighted by atomic mass is 79.9. The Balaban J connectivity index is 3.06. The van der Waals surface area contributed by atoms with Crippen molar-refractivity contribution >= 4 is 15.9 Å². The van der Waals surface area contributed by atoms with Crippen molar-refractivity contribution in [3.63, 3.8) is 0 Å². The molecule has 0 heterocycles. The molecule has 0 aliphatic rings. The van der Waals surface area contributed by atoms with Crippen LogP contribution in [0.3, 0.4) is 0 Å². The van der Waals surface area contributed by atoms with E-state index in [0.29, 0.717) is 0 Å². The number of hydrogen-bond acceptors (Lipinski definition) is 1. The lowest BCUT2D eigenvalue weighted by Crippen LogP contribution is -1.95. The number of rotatable bonds is 1. The van der Waals surface area contributed by atoms with Crippen molar-refractivity contribution in [1.82, 2.24) is 0 Å². The zero-order chi connectivity index (χ0) is 9.84. The second-order valence-electron chi connectivity index (χ2n) is 2.82. The van der Waals surface area contributed by atoms with Crippen LogP contribution in [0.5, 0.6) is 0 Å². The van der Waals surface area contributed by atoms with Crippen LogP contribution in [-0.2, 0) is 0 Å². The van der Waals surface area contributed by atoms with Crippen molar-refractivity contribution in [2.75, 3.05) is 0 Å². The molecule has 1 aromatic carbocycles. The Morgan fingerprint density at radius 3 is 2.69 bits per heavy atom. The van der Waals surface area contributed by atoms with Crippen LogP contribution in [0, 0.1) is 18.8 Å². The highest BCUT2D eigenvalue weighted by Gasteiger charge is 2.07. The summed E-state index contributed by atoms with van der Waals surface area (Å²) in [5, 5.41) is 9.59. The van der Waals surface area contributed by atoms with Crippen molar-refractivity contribution in [1.29, 1.82) is 0 Å². The first-order valence-corrected chi connectivity index (χ1v) is 4.81. The fourth-order valence-corrected chi connectivity index (χ4v) is 1.78. The molecule has 0 saturated heterocycles. The van der Waals surface area contributed by atoms with E-state index in [2.05, 4.69) is 27.8 Å². The lowest BCUT2D eigenvalue weighted by atomic mass is 10.1. The highest BCUT2D eigenvalue weighted by molar-refractivity contribution is 9.10. The van der Waals surface area contributed by atoms with E-state index in [-0.39, 0.29) is 0 Å². The number of benzene rings is 1. The number of aliphatic hydroxyl groups excluding tert-OH is 1. The summed E-state index contributed by atoms with van der Waals surface area (Å²) in [6.07, 6.45) is -0.694. The van der Waals surface area contributed by atoms with E-state index in [4.69, 9.17) is 0 Å². The Bertz CT molecular complexity index is 360. The normalized spacial score (nSPS) is 11.7. The van der Waals surface area contributed by atoms with Crippen molar-refractivity contribution in [2.45, 2.75) is 20.0 Å². The van der Waals surface area contributed by atoms with E-state index in [1.807, 2.05) is 25.1 Å². The van der Waals surface area contributed by atoms with Crippen LogP contribution in [0.15, 0.2) is 22.7 Å². The van der Waals surface area contributed by atoms with Crippen molar-refractivity contribution in [3.8, 4) is 11.8 Å². The molecule has 0 aliphatic heterocycles. The van der Waals surface area contributed by atoms with Gasteiger partial charge in [0, 0.05) is 10.0 Å². The van der Waals surface area contributed by atoms with Crippen LogP contribution >= 0.6 is 15.9 Å². The van der Waals surface area contributed by atoms with E-state index in [1.54, 1.807) is 6.92 Å². The molecule has 1 atom stereocenters. The minimum absolute atomic E-state index is 0.694. The summed E-state index contributed by atoms with van der Waals surface area (Å²) < 4.78 is 0.905. The molecule has 13 heavy (non-hydrogen) atoms. The third-order valence-electron chi connectivity index (χ3n) is 1.73. The Kier molecular flexibility index (Phi) is 3.53. The molecule has 0 saturated carbocycles. The van der Waals surface area contributed by atoms with E-state index >= 15 is 0 Å². The van der Waals surface area contributed by atoms with E-state index in [1.165, 1.54) is 0 Å². The van der Waals surface area contributed by atoms with Crippen LogP contribution in [0.25, 0.3) is 0 Å². The summed E-state index contributed by atoms with van der Waals surface area (Å²) in [5.74, 6) is 5.38. The molecule has 1 rings (SSSR count). The fraction of sp³-hybridized carbons (Fsp3) is 0.273. The standard InChI is InChI=1S/C11H11BrO/c1-3-4-11(13)9-6-5-8(2)7-10(9)12/h5-7,11,13H,1-2H3. The topological polar surface area (TPSA) is 20.2 Å². The molecule has 1 N–H and O–H groups in total. The third kappa shape index (κ3) is 2.58. The van der Waals surface area contributed by atoms with Crippen molar-refractivity contribution in [2.24, 2.45) is 0 Å². The molecule has 0 aromatic heterocycles. The summed E-state index contributed by atoms with van der Waals surface area (Å²) in [6.45, 7) is 3.72. The average molecular weight is 239 g/mol. The van der Waals surface area contributed by atoms with Gasteiger partial charge in [0.25, 0.3) is 0 Å². The number of hydrogen-bond donors (Lipinski definition) is 1. The molecule has 0 amide bonds. The third-order valence-corrected chi connectivity index (χ3v) is 2.42. The van der Waals surface area contributed by atoms with Crippen LogP contribution in [0.1, 0.15) is 24.2 Å². The molecule has 2 heteroatoms. The average Bonchev–Trinajstić information content (AvgIpc) is 2.04. The van der Waals surface area contributed by atoms with Gasteiger partial charge in [-0.2, -0.15) is 0 Å². The molecule has 1 unspecified atom stereocenters. The maximum Gasteiger partial charge on any atom is 0.141 e. The Labute approximate surface area is 86.9 Å². The molecular weight excluding hydrogens is 228 g/mol. The van der Waals surface area contributed by atoms with Crippen molar-refractivity contribution < 1.29 is 5.11 Å². The predicted molar refractivity (Wildman–Crippen MR) is 57.3 cm³/mol. The molecule has 0 radical (unpaired) electrons. The van der Waals surface area contributed by atoms with E-state index in [0.717, 1.165) is 15.6 Å². The Morgan fingerprint density at radius 1 is 1.46 bits per heavy atom. The number of aliphatic hydroxyl groups is 1. The molecule has 0 aliphatic carbocycles. The first-order chi connectivity index (χ1) is 6.15. The van der Waals surface area contributed by atoms with Gasteiger partial charge in [0.15, 0.2) is 0 Å². The molecule has 1 aromatic rings. The second-order valence-corrected chi connectivity index (χ2v) is 3.68. The van der Waals surface area contributed by atoms with Gasteiger partial charge in [0.2, 0.25) is 0 Å². The van der Waals surface area contributed by atoms with Gasteiger partial charge in [0.1, 0.15) is 6.10 Å². The Morgan fingerprint density at radius 2 is 2.15 bits per heavy atom. The quantitative estimate of drug-likeness (QED) is 0.747. The fourth-order valence-electron chi connectivity index (χ4n) is 1.07. The molecular formula is C11H11BrO. The summed E-state index contributed by atoms with van der Waals surface area (Å²) >= 11 is 3.39. The number of halogens is 1. The minimum Gasteiger partial charge on any atom is -0.376 e. The lowest BCUT2D eigenvalue weighted by Gasteiger charge is -2.06. The minimum atomic E-state index is -0.694. The first kappa shape index (κ1) is 10.3. The van der Waals surface area contributed by atoms with Crippen LogP contribution in [0.2, 0.25) is 0 Å². The van der Waals surface area contributed by atoms with Gasteiger partial charge in [0.05, 0.1) is 0 Å². The SMILES string of the molecule is CC#CC(O)c1ccc(C)cc1Br. The van der Waals surface area contributed by atoms with Gasteiger partial charge in [-0.15, -0.1) is 5.92 Å². The highest BCUT2D eigenvalue weighted by Crippen LogP contribution is 2.23. The van der Waals surface area contributed by atoms with Gasteiger partial charge >= 0.3 is 0 Å². The molecule has 68 valence electrons. The van der Waals surface area contributed by atoms with Gasteiger partial charge in [-0.05, 0) is 25.5 Å². The summed E-state index contributed by atoms with van der Waals surface area (Å²) in [4.78, 5) is 0. The molecule has 0 spiro atoms. The van der Waals surface area contributed by atoms with Crippen LogP contribution in [0.4, 0.5) is 0 Å². The van der Waals surface area contributed by atoms with E-state index < -0.39 is 6.10 Å². The Hall–Kier alpha value is -0.780. The second kappa shape index (κ2) is 4.45. The van der Waals surface area contributed by atoms with Crippen LogP contribution in [-0.4, -0.2) is 5.11 Å². The molecule has 1 nitrogen and oxygen atoms in total. The largest absolute Gasteiger partial charge is 0.376 e. The summed E-state index contributed by atoms with van der Waals surface area (Å²) in [7, 11) is 0. The molecule has 0 bridgehead atoms. The predicted octanol–water partition coefficient (Wildman–Crippen LogP) is 2.81. The lowest BCUT2D eigenvalue weighted by molar-refractivity contribution is 0.237. The summed E-state index contributed by atoms with van der Waals surface area (Å²) in [5.41, 5.74) is 1.98. The first-order valence-electron chi connectivity index (χ1n) is 4.01. The molecule has 0 fully saturated rings. The van der Waals surface area contributed by atoms with Gasteiger partial charge in [-0.25, -0.2) is 0 Å². The van der Waals surface area contributed by atoms with E-state index in [9.17, 15) is 5.11 Å². The van der Waals surface area contributed by atoms with Gasteiger partial charge in [-0.1, -0.05) is 34.0 Å². The zero-order valence-electron chi connectivity index (χ0n) is 7.63. The monoisotopic (exact) mass is 238 g/mol. The zero-order valence-corrected chi connectivity index (χ0v) is 9.22. The van der Waals surface area contributed by atoms with Gasteiger partial charge < -0.3 is 5.11 Å². The smallest absolute Gasteiger partial charge is 0.141 e. The maximum atomic E-state index is 9.59. The summed E-state index contributed by atoms with van der Waals surface area (Å²) in [6, 6.07) is 5.81. The number of aryl methyl sites for hydroxylation is 1. The van der Waals surface area contributed by atoms with Crippen LogP contribution < -0.4 is 0 Å². The van der Waals surface area contributed by atoms with Crippen molar-refractivity contribution in [3.05, 3.63) is 33.8 Å². The maximum absolute atomic E-state index is 9.59.